The van der Waals surface area contributed by atoms with Gasteiger partial charge in [-0.25, -0.2) is 0 Å². The lowest BCUT2D eigenvalue weighted by Crippen LogP contribution is -2.28. The highest BCUT2D eigenvalue weighted by atomic mass is 14.9. The van der Waals surface area contributed by atoms with Gasteiger partial charge in [0.15, 0.2) is 0 Å². The minimum absolute atomic E-state index is 0.695. The van der Waals surface area contributed by atoms with E-state index in [2.05, 4.69) is 43.2 Å². The average molecular weight is 255 g/mol. The number of nitrogens with one attached hydrogen (secondary N) is 1. The number of benzene rings is 1. The van der Waals surface area contributed by atoms with E-state index in [1.165, 1.54) is 25.7 Å². The zero-order valence-corrected chi connectivity index (χ0v) is 11.9. The molecule has 2 aliphatic carbocycles. The molecule has 2 aliphatic rings. The molecule has 1 heteroatoms. The number of hydrogen-bond donors (Lipinski definition) is 1. The Morgan fingerprint density at radius 2 is 2.26 bits per heavy atom. The van der Waals surface area contributed by atoms with Gasteiger partial charge in [-0.05, 0) is 68.0 Å². The van der Waals surface area contributed by atoms with Gasteiger partial charge in [0.2, 0.25) is 0 Å². The van der Waals surface area contributed by atoms with Gasteiger partial charge in [-0.1, -0.05) is 30.3 Å². The number of allylic oxidation sites excluding steroid dienone is 1. The molecule has 4 atom stereocenters. The van der Waals surface area contributed by atoms with Crippen molar-refractivity contribution in [3.8, 4) is 0 Å². The number of hydrogen-bond acceptors (Lipinski definition) is 1. The molecule has 0 aliphatic heterocycles. The van der Waals surface area contributed by atoms with Gasteiger partial charge in [0, 0.05) is 6.04 Å². The van der Waals surface area contributed by atoms with E-state index in [0.29, 0.717) is 6.04 Å². The van der Waals surface area contributed by atoms with Crippen molar-refractivity contribution in [2.75, 3.05) is 7.05 Å². The molecule has 0 radical (unpaired) electrons. The Balaban J connectivity index is 1.70. The third-order valence-electron chi connectivity index (χ3n) is 5.15. The standard InChI is InChI=1S/C18H25N/c1-3-4-5-10-16(19-2)18-15-12-11-13-8-6-7-9-14(13)17(15)18/h3,6-9,15-19H,1,4-5,10-12H2,2H3. The van der Waals surface area contributed by atoms with Gasteiger partial charge < -0.3 is 5.32 Å². The summed E-state index contributed by atoms with van der Waals surface area (Å²) in [7, 11) is 2.13. The van der Waals surface area contributed by atoms with Crippen molar-refractivity contribution in [1.82, 2.24) is 5.32 Å². The highest BCUT2D eigenvalue weighted by Crippen LogP contribution is 2.61. The largest absolute Gasteiger partial charge is 0.317 e. The Labute approximate surface area is 117 Å². The smallest absolute Gasteiger partial charge is 0.0101 e. The molecule has 0 spiro atoms. The molecule has 4 unspecified atom stereocenters. The summed E-state index contributed by atoms with van der Waals surface area (Å²) >= 11 is 0. The van der Waals surface area contributed by atoms with E-state index in [4.69, 9.17) is 0 Å². The van der Waals surface area contributed by atoms with E-state index in [1.54, 1.807) is 11.1 Å². The van der Waals surface area contributed by atoms with Crippen molar-refractivity contribution in [3.05, 3.63) is 48.0 Å². The van der Waals surface area contributed by atoms with Gasteiger partial charge in [0.25, 0.3) is 0 Å². The summed E-state index contributed by atoms with van der Waals surface area (Å²) in [5.74, 6) is 2.65. The van der Waals surface area contributed by atoms with Crippen LogP contribution >= 0.6 is 0 Å². The predicted molar refractivity (Wildman–Crippen MR) is 81.4 cm³/mol. The predicted octanol–water partition coefficient (Wildman–Crippen LogP) is 3.91. The second-order valence-electron chi connectivity index (χ2n) is 6.12. The number of aryl methyl sites for hydroxylation is 1. The summed E-state index contributed by atoms with van der Waals surface area (Å²) in [5, 5.41) is 3.58. The molecule has 1 aromatic carbocycles. The Kier molecular flexibility index (Phi) is 3.74. The van der Waals surface area contributed by atoms with Gasteiger partial charge in [-0.3, -0.25) is 0 Å². The summed E-state index contributed by atoms with van der Waals surface area (Å²) in [6.45, 7) is 3.83. The molecule has 102 valence electrons. The summed E-state index contributed by atoms with van der Waals surface area (Å²) < 4.78 is 0. The maximum absolute atomic E-state index is 3.83. The molecule has 0 aromatic heterocycles. The van der Waals surface area contributed by atoms with Crippen LogP contribution in [-0.4, -0.2) is 13.1 Å². The molecule has 0 saturated heterocycles. The van der Waals surface area contributed by atoms with E-state index >= 15 is 0 Å². The lowest BCUT2D eigenvalue weighted by molar-refractivity contribution is 0.429. The monoisotopic (exact) mass is 255 g/mol. The Bertz CT molecular complexity index is 451. The van der Waals surface area contributed by atoms with Crippen LogP contribution in [0.15, 0.2) is 36.9 Å². The van der Waals surface area contributed by atoms with Crippen LogP contribution in [0.5, 0.6) is 0 Å². The van der Waals surface area contributed by atoms with Crippen LogP contribution in [0.25, 0.3) is 0 Å². The minimum Gasteiger partial charge on any atom is -0.317 e. The molecule has 0 heterocycles. The molecule has 1 nitrogen and oxygen atoms in total. The number of rotatable bonds is 6. The fourth-order valence-corrected chi connectivity index (χ4v) is 4.18. The number of fused-ring (bicyclic) bond motifs is 3. The Hall–Kier alpha value is -1.08. The van der Waals surface area contributed by atoms with Crippen molar-refractivity contribution in [3.63, 3.8) is 0 Å². The van der Waals surface area contributed by atoms with Gasteiger partial charge in [0.1, 0.15) is 0 Å². The van der Waals surface area contributed by atoms with Crippen LogP contribution in [0.3, 0.4) is 0 Å². The van der Waals surface area contributed by atoms with Crippen LogP contribution in [0.2, 0.25) is 0 Å². The van der Waals surface area contributed by atoms with Crippen LogP contribution in [-0.2, 0) is 6.42 Å². The van der Waals surface area contributed by atoms with Gasteiger partial charge >= 0.3 is 0 Å². The van der Waals surface area contributed by atoms with Gasteiger partial charge in [-0.15, -0.1) is 6.58 Å². The first kappa shape index (κ1) is 12.9. The van der Waals surface area contributed by atoms with Gasteiger partial charge in [-0.2, -0.15) is 0 Å². The summed E-state index contributed by atoms with van der Waals surface area (Å²) in [5.41, 5.74) is 3.25. The zero-order chi connectivity index (χ0) is 13.2. The second-order valence-corrected chi connectivity index (χ2v) is 6.12. The highest BCUT2D eigenvalue weighted by molar-refractivity contribution is 5.40. The SMILES string of the molecule is C=CCCCC(NC)C1C2CCc3ccccc3C21. The summed E-state index contributed by atoms with van der Waals surface area (Å²) in [6.07, 6.45) is 8.44. The van der Waals surface area contributed by atoms with E-state index < -0.39 is 0 Å². The van der Waals surface area contributed by atoms with E-state index in [0.717, 1.165) is 24.2 Å². The fourth-order valence-electron chi connectivity index (χ4n) is 4.18. The van der Waals surface area contributed by atoms with Crippen molar-refractivity contribution in [2.24, 2.45) is 11.8 Å². The third-order valence-corrected chi connectivity index (χ3v) is 5.15. The Morgan fingerprint density at radius 3 is 3.05 bits per heavy atom. The van der Waals surface area contributed by atoms with Crippen LogP contribution < -0.4 is 5.32 Å². The first-order valence-electron chi connectivity index (χ1n) is 7.72. The molecule has 1 N–H and O–H groups in total. The topological polar surface area (TPSA) is 12.0 Å². The number of unbranched alkanes of at least 4 members (excludes halogenated alkanes) is 1. The fraction of sp³-hybridized carbons (Fsp3) is 0.556. The molecule has 19 heavy (non-hydrogen) atoms. The lowest BCUT2D eigenvalue weighted by Gasteiger charge is -2.16. The molecule has 3 rings (SSSR count). The molecule has 1 aromatic rings. The molecule has 1 saturated carbocycles. The van der Waals surface area contributed by atoms with E-state index in [-0.39, 0.29) is 0 Å². The highest BCUT2D eigenvalue weighted by Gasteiger charge is 2.55. The minimum atomic E-state index is 0.695. The first-order chi connectivity index (χ1) is 9.36. The molecule has 0 bridgehead atoms. The van der Waals surface area contributed by atoms with Crippen molar-refractivity contribution in [2.45, 2.75) is 44.1 Å². The quantitative estimate of drug-likeness (QED) is 0.600. The molecular weight excluding hydrogens is 230 g/mol. The molecular formula is C18H25N. The molecule has 1 fully saturated rings. The summed E-state index contributed by atoms with van der Waals surface area (Å²) in [6, 6.07) is 9.79. The molecule has 0 amide bonds. The maximum Gasteiger partial charge on any atom is 0.0101 e. The second kappa shape index (κ2) is 5.50. The van der Waals surface area contributed by atoms with Gasteiger partial charge in [0.05, 0.1) is 0 Å². The Morgan fingerprint density at radius 1 is 1.42 bits per heavy atom. The lowest BCUT2D eigenvalue weighted by atomic mass is 9.92. The van der Waals surface area contributed by atoms with Crippen LogP contribution in [0, 0.1) is 11.8 Å². The normalized spacial score (nSPS) is 29.2. The van der Waals surface area contributed by atoms with Crippen molar-refractivity contribution in [1.29, 1.82) is 0 Å². The van der Waals surface area contributed by atoms with E-state index in [1.807, 2.05) is 6.08 Å². The maximum atomic E-state index is 3.83. The van der Waals surface area contributed by atoms with E-state index in [9.17, 15) is 0 Å². The van der Waals surface area contributed by atoms with Crippen LogP contribution in [0.4, 0.5) is 0 Å². The first-order valence-corrected chi connectivity index (χ1v) is 7.72. The average Bonchev–Trinajstić information content (AvgIpc) is 3.18. The zero-order valence-electron chi connectivity index (χ0n) is 11.9. The van der Waals surface area contributed by atoms with Crippen molar-refractivity contribution < 1.29 is 0 Å². The third kappa shape index (κ3) is 2.36. The van der Waals surface area contributed by atoms with Crippen LogP contribution in [0.1, 0.15) is 42.7 Å². The van der Waals surface area contributed by atoms with Crippen molar-refractivity contribution >= 4 is 0 Å². The summed E-state index contributed by atoms with van der Waals surface area (Å²) in [4.78, 5) is 0.